The third-order valence-corrected chi connectivity index (χ3v) is 7.96. The fourth-order valence-electron chi connectivity index (χ4n) is 4.33. The molecule has 0 spiro atoms. The van der Waals surface area contributed by atoms with E-state index in [2.05, 4.69) is 4.98 Å². The monoisotopic (exact) mass is 493 g/mol. The fraction of sp³-hybridized carbons (Fsp3) is 0.346. The largest absolute Gasteiger partial charge is 0.376 e. The van der Waals surface area contributed by atoms with E-state index < -0.39 is 0 Å². The lowest BCUT2D eigenvalue weighted by Gasteiger charge is -2.25. The smallest absolute Gasteiger partial charge is 0.262 e. The van der Waals surface area contributed by atoms with Crippen molar-refractivity contribution < 1.29 is 9.53 Å². The number of aryl methyl sites for hydroxylation is 2. The Kier molecular flexibility index (Phi) is 6.89. The highest BCUT2D eigenvalue weighted by atomic mass is 32.1. The first-order valence-electron chi connectivity index (χ1n) is 11.5. The molecule has 0 saturated carbocycles. The van der Waals surface area contributed by atoms with Crippen molar-refractivity contribution >= 4 is 38.8 Å². The van der Waals surface area contributed by atoms with Crippen LogP contribution in [0.3, 0.4) is 0 Å². The Morgan fingerprint density at radius 1 is 1.24 bits per heavy atom. The minimum atomic E-state index is -0.0986. The topological polar surface area (TPSA) is 64.4 Å². The Morgan fingerprint density at radius 2 is 2.09 bits per heavy atom. The number of hydrogen-bond donors (Lipinski definition) is 0. The minimum absolute atomic E-state index is 0.0278. The summed E-state index contributed by atoms with van der Waals surface area (Å²) in [4.78, 5) is 34.8. The number of hydrogen-bond acceptors (Lipinski definition) is 6. The molecule has 8 heteroatoms. The van der Waals surface area contributed by atoms with Gasteiger partial charge in [0.15, 0.2) is 0 Å². The van der Waals surface area contributed by atoms with Gasteiger partial charge >= 0.3 is 0 Å². The lowest BCUT2D eigenvalue weighted by molar-refractivity contribution is -0.133. The van der Waals surface area contributed by atoms with Gasteiger partial charge in [0.2, 0.25) is 5.91 Å². The van der Waals surface area contributed by atoms with Crippen LogP contribution in [0.4, 0.5) is 0 Å². The van der Waals surface area contributed by atoms with Crippen LogP contribution in [0.25, 0.3) is 21.3 Å². The molecule has 176 valence electrons. The molecule has 4 heterocycles. The molecule has 1 aliphatic rings. The highest BCUT2D eigenvalue weighted by Gasteiger charge is 2.23. The van der Waals surface area contributed by atoms with Crippen LogP contribution in [0.2, 0.25) is 0 Å². The number of benzene rings is 1. The molecular formula is C26H27N3O3S2. The second-order valence-electron chi connectivity index (χ2n) is 8.68. The summed E-state index contributed by atoms with van der Waals surface area (Å²) in [6.45, 7) is 4.27. The number of carbonyl (C=O) groups excluding carboxylic acids is 1. The van der Waals surface area contributed by atoms with Gasteiger partial charge in [-0.25, -0.2) is 4.98 Å². The van der Waals surface area contributed by atoms with E-state index in [1.54, 1.807) is 22.2 Å². The highest BCUT2D eigenvalue weighted by Crippen LogP contribution is 2.30. The molecule has 0 aliphatic carbocycles. The summed E-state index contributed by atoms with van der Waals surface area (Å²) in [6.07, 6.45) is 3.92. The van der Waals surface area contributed by atoms with Crippen molar-refractivity contribution in [2.45, 2.75) is 45.4 Å². The van der Waals surface area contributed by atoms with Gasteiger partial charge in [0, 0.05) is 41.9 Å². The van der Waals surface area contributed by atoms with E-state index in [1.807, 2.05) is 59.0 Å². The lowest BCUT2D eigenvalue weighted by Crippen LogP contribution is -2.37. The van der Waals surface area contributed by atoms with Crippen molar-refractivity contribution in [1.29, 1.82) is 0 Å². The summed E-state index contributed by atoms with van der Waals surface area (Å²) in [7, 11) is 0. The Bertz CT molecular complexity index is 1320. The van der Waals surface area contributed by atoms with Crippen LogP contribution >= 0.6 is 22.7 Å². The summed E-state index contributed by atoms with van der Waals surface area (Å²) < 4.78 is 7.35. The van der Waals surface area contributed by atoms with Crippen LogP contribution in [0.1, 0.15) is 29.7 Å². The second-order valence-corrected chi connectivity index (χ2v) is 10.6. The minimum Gasteiger partial charge on any atom is -0.376 e. The molecule has 3 aromatic heterocycles. The van der Waals surface area contributed by atoms with Gasteiger partial charge in [-0.3, -0.25) is 14.2 Å². The maximum Gasteiger partial charge on any atom is 0.262 e. The molecule has 0 bridgehead atoms. The highest BCUT2D eigenvalue weighted by molar-refractivity contribution is 7.17. The number of ether oxygens (including phenoxy) is 1. The maximum absolute atomic E-state index is 13.4. The van der Waals surface area contributed by atoms with Crippen molar-refractivity contribution in [2.24, 2.45) is 0 Å². The number of thiophene rings is 2. The quantitative estimate of drug-likeness (QED) is 0.343. The molecule has 1 amide bonds. The van der Waals surface area contributed by atoms with Gasteiger partial charge in [0.25, 0.3) is 5.56 Å². The van der Waals surface area contributed by atoms with E-state index >= 15 is 0 Å². The molecule has 34 heavy (non-hydrogen) atoms. The predicted octanol–water partition coefficient (Wildman–Crippen LogP) is 5.09. The van der Waals surface area contributed by atoms with Crippen LogP contribution in [0, 0.1) is 6.92 Å². The molecule has 1 aliphatic heterocycles. The average molecular weight is 494 g/mol. The molecule has 1 fully saturated rings. The number of amides is 1. The Hall–Kier alpha value is -2.81. The Balaban J connectivity index is 1.35. The van der Waals surface area contributed by atoms with Gasteiger partial charge in [-0.1, -0.05) is 35.9 Å². The molecule has 1 aromatic carbocycles. The van der Waals surface area contributed by atoms with Gasteiger partial charge in [-0.15, -0.1) is 22.7 Å². The zero-order valence-electron chi connectivity index (χ0n) is 19.1. The van der Waals surface area contributed by atoms with E-state index in [0.29, 0.717) is 25.0 Å². The lowest BCUT2D eigenvalue weighted by atomic mass is 10.1. The van der Waals surface area contributed by atoms with E-state index in [4.69, 9.17) is 4.74 Å². The summed E-state index contributed by atoms with van der Waals surface area (Å²) in [5.74, 6) is 0.0278. The number of rotatable bonds is 8. The summed E-state index contributed by atoms with van der Waals surface area (Å²) in [5.41, 5.74) is 2.98. The Morgan fingerprint density at radius 3 is 2.82 bits per heavy atom. The van der Waals surface area contributed by atoms with Crippen LogP contribution in [0.15, 0.2) is 58.3 Å². The third kappa shape index (κ3) is 4.99. The normalized spacial score (nSPS) is 15.7. The van der Waals surface area contributed by atoms with Gasteiger partial charge in [0.05, 0.1) is 24.4 Å². The Labute approximate surface area is 206 Å². The molecule has 1 atom stereocenters. The SMILES string of the molecule is Cc1ccc(-c2csc3ncn(CCC(=O)N(Cc4cccs4)CC4CCCO4)c(=O)c23)cc1. The summed E-state index contributed by atoms with van der Waals surface area (Å²) in [6, 6.07) is 12.2. The van der Waals surface area contributed by atoms with Crippen molar-refractivity contribution in [3.63, 3.8) is 0 Å². The average Bonchev–Trinajstić information content (AvgIpc) is 3.61. The maximum atomic E-state index is 13.4. The molecular weight excluding hydrogens is 466 g/mol. The van der Waals surface area contributed by atoms with Crippen LogP contribution in [-0.2, 0) is 22.6 Å². The van der Waals surface area contributed by atoms with Gasteiger partial charge in [-0.2, -0.15) is 0 Å². The van der Waals surface area contributed by atoms with Crippen molar-refractivity contribution in [3.8, 4) is 11.1 Å². The van der Waals surface area contributed by atoms with Gasteiger partial charge < -0.3 is 9.64 Å². The van der Waals surface area contributed by atoms with Crippen molar-refractivity contribution in [2.75, 3.05) is 13.2 Å². The predicted molar refractivity (Wildman–Crippen MR) is 137 cm³/mol. The number of fused-ring (bicyclic) bond motifs is 1. The number of aromatic nitrogens is 2. The van der Waals surface area contributed by atoms with E-state index in [1.165, 1.54) is 16.9 Å². The van der Waals surface area contributed by atoms with E-state index in [0.717, 1.165) is 40.3 Å². The summed E-state index contributed by atoms with van der Waals surface area (Å²) in [5, 5.41) is 4.64. The van der Waals surface area contributed by atoms with Crippen molar-refractivity contribution in [1.82, 2.24) is 14.5 Å². The van der Waals surface area contributed by atoms with E-state index in [9.17, 15) is 9.59 Å². The zero-order valence-corrected chi connectivity index (χ0v) is 20.7. The van der Waals surface area contributed by atoms with Crippen LogP contribution < -0.4 is 5.56 Å². The number of carbonyl (C=O) groups is 1. The van der Waals surface area contributed by atoms with Crippen LogP contribution in [0.5, 0.6) is 0 Å². The van der Waals surface area contributed by atoms with Crippen molar-refractivity contribution in [3.05, 3.63) is 74.3 Å². The molecule has 1 unspecified atom stereocenters. The molecule has 5 rings (SSSR count). The first kappa shape index (κ1) is 23.0. The molecule has 0 radical (unpaired) electrons. The molecule has 0 N–H and O–H groups in total. The zero-order chi connectivity index (χ0) is 23.5. The third-order valence-electron chi connectivity index (χ3n) is 6.22. The fourth-order valence-corrected chi connectivity index (χ4v) is 5.95. The van der Waals surface area contributed by atoms with E-state index in [-0.39, 0.29) is 24.0 Å². The first-order chi connectivity index (χ1) is 16.6. The first-order valence-corrected chi connectivity index (χ1v) is 13.3. The van der Waals surface area contributed by atoms with Gasteiger partial charge in [0.1, 0.15) is 4.83 Å². The standard InChI is InChI=1S/C26H27N3O3S2/c1-18-6-8-19(9-7-18)22-16-34-25-24(22)26(31)28(17-27-25)11-10-23(30)29(14-20-4-2-12-32-20)15-21-5-3-13-33-21/h3,5-9,13,16-17,20H,2,4,10-12,14-15H2,1H3. The van der Waals surface area contributed by atoms with Gasteiger partial charge in [-0.05, 0) is 36.8 Å². The molecule has 6 nitrogen and oxygen atoms in total. The number of nitrogens with zero attached hydrogens (tertiary/aromatic N) is 3. The molecule has 4 aromatic rings. The summed E-state index contributed by atoms with van der Waals surface area (Å²) >= 11 is 3.12. The second kappa shape index (κ2) is 10.2. The van der Waals surface area contributed by atoms with Crippen LogP contribution in [-0.4, -0.2) is 39.6 Å². The molecule has 1 saturated heterocycles.